The summed E-state index contributed by atoms with van der Waals surface area (Å²) in [4.78, 5) is 34.4. The van der Waals surface area contributed by atoms with Crippen molar-refractivity contribution in [2.75, 3.05) is 19.5 Å². The van der Waals surface area contributed by atoms with Gasteiger partial charge in [-0.1, -0.05) is 36.4 Å². The molecule has 0 fully saturated rings. The van der Waals surface area contributed by atoms with Crippen LogP contribution >= 0.6 is 0 Å². The summed E-state index contributed by atoms with van der Waals surface area (Å²) >= 11 is 0. The fourth-order valence-corrected chi connectivity index (χ4v) is 2.63. The second-order valence-electron chi connectivity index (χ2n) is 6.11. The molecule has 3 aromatic rings. The Hall–Kier alpha value is -3.74. The summed E-state index contributed by atoms with van der Waals surface area (Å²) in [6.07, 6.45) is 1.52. The molecule has 7 nitrogen and oxygen atoms in total. The van der Waals surface area contributed by atoms with Crippen molar-refractivity contribution in [1.82, 2.24) is 14.9 Å². The summed E-state index contributed by atoms with van der Waals surface area (Å²) in [5, 5.41) is 3.01. The first-order valence-corrected chi connectivity index (χ1v) is 8.64. The zero-order valence-electron chi connectivity index (χ0n) is 15.6. The molecule has 0 atom stereocenters. The first kappa shape index (κ1) is 19.0. The lowest BCUT2D eigenvalue weighted by Crippen LogP contribution is -2.27. The molecule has 2 aromatic carbocycles. The van der Waals surface area contributed by atoms with Gasteiger partial charge < -0.3 is 15.0 Å². The number of carbonyl (C=O) groups excluding carboxylic acids is 2. The highest BCUT2D eigenvalue weighted by Crippen LogP contribution is 2.16. The Kier molecular flexibility index (Phi) is 5.96. The van der Waals surface area contributed by atoms with E-state index < -0.39 is 5.97 Å². The van der Waals surface area contributed by atoms with Gasteiger partial charge in [0.2, 0.25) is 5.95 Å². The minimum atomic E-state index is -0.434. The van der Waals surface area contributed by atoms with Gasteiger partial charge in [0.1, 0.15) is 5.69 Å². The van der Waals surface area contributed by atoms with Crippen molar-refractivity contribution < 1.29 is 14.3 Å². The van der Waals surface area contributed by atoms with Crippen LogP contribution in [-0.2, 0) is 11.3 Å². The maximum atomic E-state index is 12.7. The van der Waals surface area contributed by atoms with Crippen LogP contribution < -0.4 is 5.32 Å². The highest BCUT2D eigenvalue weighted by atomic mass is 16.5. The highest BCUT2D eigenvalue weighted by Gasteiger charge is 2.15. The number of ether oxygens (including phenoxy) is 1. The van der Waals surface area contributed by atoms with Gasteiger partial charge in [-0.25, -0.2) is 14.8 Å². The van der Waals surface area contributed by atoms with Gasteiger partial charge in [-0.3, -0.25) is 4.79 Å². The molecule has 0 unspecified atom stereocenters. The molecule has 1 amide bonds. The average Bonchev–Trinajstić information content (AvgIpc) is 2.73. The van der Waals surface area contributed by atoms with Crippen LogP contribution in [0.2, 0.25) is 0 Å². The van der Waals surface area contributed by atoms with Gasteiger partial charge in [0.05, 0.1) is 12.7 Å². The van der Waals surface area contributed by atoms with Crippen molar-refractivity contribution in [2.45, 2.75) is 6.54 Å². The number of carbonyl (C=O) groups is 2. The van der Waals surface area contributed by atoms with E-state index >= 15 is 0 Å². The molecule has 1 aromatic heterocycles. The van der Waals surface area contributed by atoms with Crippen LogP contribution in [0.15, 0.2) is 66.9 Å². The number of esters is 1. The molecular weight excluding hydrogens is 356 g/mol. The van der Waals surface area contributed by atoms with Gasteiger partial charge in [-0.05, 0) is 29.8 Å². The van der Waals surface area contributed by atoms with E-state index in [-0.39, 0.29) is 17.5 Å². The number of anilines is 2. The summed E-state index contributed by atoms with van der Waals surface area (Å²) < 4.78 is 4.72. The molecule has 0 spiro atoms. The van der Waals surface area contributed by atoms with Crippen LogP contribution in [0.25, 0.3) is 0 Å². The second kappa shape index (κ2) is 8.77. The molecule has 0 radical (unpaired) electrons. The largest absolute Gasteiger partial charge is 0.465 e. The molecule has 0 aliphatic heterocycles. The lowest BCUT2D eigenvalue weighted by atomic mass is 10.2. The van der Waals surface area contributed by atoms with E-state index in [0.717, 1.165) is 5.56 Å². The number of nitrogens with zero attached hydrogens (tertiary/aromatic N) is 3. The van der Waals surface area contributed by atoms with Crippen molar-refractivity contribution in [3.05, 3.63) is 83.7 Å². The van der Waals surface area contributed by atoms with Crippen molar-refractivity contribution in [3.8, 4) is 0 Å². The predicted molar refractivity (Wildman–Crippen MR) is 105 cm³/mol. The summed E-state index contributed by atoms with van der Waals surface area (Å²) in [5.41, 5.74) is 2.33. The van der Waals surface area contributed by atoms with E-state index in [1.807, 2.05) is 30.3 Å². The molecule has 1 heterocycles. The number of nitrogens with one attached hydrogen (secondary N) is 1. The highest BCUT2D eigenvalue weighted by molar-refractivity contribution is 5.92. The maximum absolute atomic E-state index is 12.7. The number of methoxy groups -OCH3 is 1. The molecule has 0 saturated carbocycles. The normalized spacial score (nSPS) is 10.2. The predicted octanol–water partition coefficient (Wildman–Crippen LogP) is 3.28. The molecule has 3 rings (SSSR count). The van der Waals surface area contributed by atoms with Gasteiger partial charge in [0.15, 0.2) is 0 Å². The monoisotopic (exact) mass is 376 g/mol. The third-order valence-electron chi connectivity index (χ3n) is 4.02. The molecule has 7 heteroatoms. The fraction of sp³-hybridized carbons (Fsp3) is 0.143. The van der Waals surface area contributed by atoms with Crippen LogP contribution in [-0.4, -0.2) is 40.9 Å². The Balaban J connectivity index is 1.73. The molecule has 28 heavy (non-hydrogen) atoms. The number of rotatable bonds is 6. The summed E-state index contributed by atoms with van der Waals surface area (Å²) in [5.74, 6) is -0.380. The molecule has 0 bridgehead atoms. The Morgan fingerprint density at radius 2 is 1.86 bits per heavy atom. The SMILES string of the molecule is COC(=O)c1cccc(Nc2nccc(C(=O)N(C)Cc3ccccc3)n2)c1. The van der Waals surface area contributed by atoms with Gasteiger partial charge in [-0.2, -0.15) is 0 Å². The van der Waals surface area contributed by atoms with Gasteiger partial charge in [0.25, 0.3) is 5.91 Å². The van der Waals surface area contributed by atoms with Gasteiger partial charge in [-0.15, -0.1) is 0 Å². The summed E-state index contributed by atoms with van der Waals surface area (Å²) in [6, 6.07) is 18.1. The summed E-state index contributed by atoms with van der Waals surface area (Å²) in [7, 11) is 3.05. The molecule has 142 valence electrons. The standard InChI is InChI=1S/C21H20N4O3/c1-25(14-15-7-4-3-5-8-15)19(26)18-11-12-22-21(24-18)23-17-10-6-9-16(13-17)20(27)28-2/h3-13H,14H2,1-2H3,(H,22,23,24). The van der Waals surface area contributed by atoms with E-state index in [1.54, 1.807) is 42.3 Å². The smallest absolute Gasteiger partial charge is 0.337 e. The van der Waals surface area contributed by atoms with Crippen molar-refractivity contribution >= 4 is 23.5 Å². The van der Waals surface area contributed by atoms with Crippen LogP contribution in [0, 0.1) is 0 Å². The number of aromatic nitrogens is 2. The fourth-order valence-electron chi connectivity index (χ4n) is 2.63. The van der Waals surface area contributed by atoms with E-state index in [4.69, 9.17) is 4.74 Å². The zero-order valence-corrected chi connectivity index (χ0v) is 15.6. The first-order chi connectivity index (χ1) is 13.6. The minimum Gasteiger partial charge on any atom is -0.465 e. The lowest BCUT2D eigenvalue weighted by Gasteiger charge is -2.17. The Bertz CT molecular complexity index is 976. The first-order valence-electron chi connectivity index (χ1n) is 8.64. The molecule has 0 aliphatic carbocycles. The quantitative estimate of drug-likeness (QED) is 0.665. The molecule has 1 N–H and O–H groups in total. The number of benzene rings is 2. The van der Waals surface area contributed by atoms with E-state index in [0.29, 0.717) is 17.8 Å². The number of amides is 1. The third-order valence-corrected chi connectivity index (χ3v) is 4.02. The van der Waals surface area contributed by atoms with Crippen molar-refractivity contribution in [2.24, 2.45) is 0 Å². The van der Waals surface area contributed by atoms with Crippen molar-refractivity contribution in [3.63, 3.8) is 0 Å². The van der Waals surface area contributed by atoms with Crippen LogP contribution in [0.5, 0.6) is 0 Å². The van der Waals surface area contributed by atoms with Gasteiger partial charge >= 0.3 is 5.97 Å². The Labute approximate surface area is 163 Å². The average molecular weight is 376 g/mol. The topological polar surface area (TPSA) is 84.4 Å². The van der Waals surface area contributed by atoms with Crippen LogP contribution in [0.4, 0.5) is 11.6 Å². The Morgan fingerprint density at radius 3 is 2.61 bits per heavy atom. The minimum absolute atomic E-state index is 0.211. The van der Waals surface area contributed by atoms with Crippen molar-refractivity contribution in [1.29, 1.82) is 0 Å². The molecule has 0 aliphatic rings. The van der Waals surface area contributed by atoms with Crippen LogP contribution in [0.1, 0.15) is 26.4 Å². The van der Waals surface area contributed by atoms with E-state index in [1.165, 1.54) is 13.3 Å². The molecular formula is C21H20N4O3. The maximum Gasteiger partial charge on any atom is 0.337 e. The van der Waals surface area contributed by atoms with Gasteiger partial charge in [0, 0.05) is 25.5 Å². The summed E-state index contributed by atoms with van der Waals surface area (Å²) in [6.45, 7) is 0.480. The lowest BCUT2D eigenvalue weighted by molar-refractivity contribution is 0.0600. The molecule has 0 saturated heterocycles. The number of hydrogen-bond donors (Lipinski definition) is 1. The zero-order chi connectivity index (χ0) is 19.9. The Morgan fingerprint density at radius 1 is 1.07 bits per heavy atom. The second-order valence-corrected chi connectivity index (χ2v) is 6.11. The third kappa shape index (κ3) is 4.70. The van der Waals surface area contributed by atoms with E-state index in [2.05, 4.69) is 15.3 Å². The van der Waals surface area contributed by atoms with Crippen LogP contribution in [0.3, 0.4) is 0 Å². The number of hydrogen-bond acceptors (Lipinski definition) is 6. The van der Waals surface area contributed by atoms with E-state index in [9.17, 15) is 9.59 Å².